The summed E-state index contributed by atoms with van der Waals surface area (Å²) in [5, 5.41) is 4.41. The number of rotatable bonds is 4. The zero-order valence-corrected chi connectivity index (χ0v) is 10.8. The van der Waals surface area contributed by atoms with E-state index in [4.69, 9.17) is 0 Å². The van der Waals surface area contributed by atoms with Crippen molar-refractivity contribution in [3.63, 3.8) is 0 Å². The summed E-state index contributed by atoms with van der Waals surface area (Å²) in [6.45, 7) is 3.25. The molecule has 1 fully saturated rings. The van der Waals surface area contributed by atoms with Crippen molar-refractivity contribution in [3.8, 4) is 0 Å². The average molecular weight is 235 g/mol. The summed E-state index contributed by atoms with van der Waals surface area (Å²) >= 11 is 2.14. The minimum Gasteiger partial charge on any atom is -0.309 e. The molecule has 0 aliphatic carbocycles. The Kier molecular flexibility index (Phi) is 4.73. The molecule has 0 radical (unpaired) electrons. The number of nitrogens with one attached hydrogen (secondary N) is 1. The quantitative estimate of drug-likeness (QED) is 0.855. The molecule has 1 aliphatic rings. The van der Waals surface area contributed by atoms with Gasteiger partial charge in [0.05, 0.1) is 0 Å². The van der Waals surface area contributed by atoms with Gasteiger partial charge < -0.3 is 5.32 Å². The van der Waals surface area contributed by atoms with Crippen LogP contribution < -0.4 is 5.32 Å². The molecule has 0 saturated carbocycles. The van der Waals surface area contributed by atoms with Crippen LogP contribution >= 0.6 is 11.8 Å². The zero-order chi connectivity index (χ0) is 11.2. The predicted molar refractivity (Wildman–Crippen MR) is 73.0 cm³/mol. The zero-order valence-electron chi connectivity index (χ0n) is 9.99. The van der Waals surface area contributed by atoms with Crippen LogP contribution in [0.1, 0.15) is 37.8 Å². The maximum absolute atomic E-state index is 3.65. The Balaban J connectivity index is 2.09. The highest BCUT2D eigenvalue weighted by Gasteiger charge is 2.24. The molecule has 0 spiro atoms. The maximum atomic E-state index is 3.65. The van der Waals surface area contributed by atoms with Crippen LogP contribution in [0.5, 0.6) is 0 Å². The van der Waals surface area contributed by atoms with E-state index in [9.17, 15) is 0 Å². The van der Waals surface area contributed by atoms with Gasteiger partial charge >= 0.3 is 0 Å². The second-order valence-electron chi connectivity index (χ2n) is 4.35. The molecule has 1 heterocycles. The first kappa shape index (κ1) is 12.0. The second kappa shape index (κ2) is 6.31. The number of hydrogen-bond acceptors (Lipinski definition) is 2. The van der Waals surface area contributed by atoms with Crippen LogP contribution in [0.3, 0.4) is 0 Å². The highest BCUT2D eigenvalue weighted by molar-refractivity contribution is 8.00. The second-order valence-corrected chi connectivity index (χ2v) is 5.70. The van der Waals surface area contributed by atoms with Crippen LogP contribution in [0, 0.1) is 0 Å². The Bertz CT molecular complexity index is 293. The highest BCUT2D eigenvalue weighted by atomic mass is 32.2. The maximum Gasteiger partial charge on any atom is 0.0440 e. The third kappa shape index (κ3) is 3.02. The van der Waals surface area contributed by atoms with E-state index in [1.807, 2.05) is 0 Å². The molecule has 1 nitrogen and oxygen atoms in total. The van der Waals surface area contributed by atoms with Crippen molar-refractivity contribution in [1.82, 2.24) is 5.32 Å². The molecular weight excluding hydrogens is 214 g/mol. The number of benzene rings is 1. The molecule has 2 heteroatoms. The van der Waals surface area contributed by atoms with Crippen LogP contribution in [0.15, 0.2) is 30.3 Å². The molecule has 2 rings (SSSR count). The van der Waals surface area contributed by atoms with Crippen molar-refractivity contribution in [2.24, 2.45) is 0 Å². The van der Waals surface area contributed by atoms with Crippen LogP contribution in [0.4, 0.5) is 0 Å². The summed E-state index contributed by atoms with van der Waals surface area (Å²) in [5.41, 5.74) is 1.45. The molecule has 2 unspecified atom stereocenters. The van der Waals surface area contributed by atoms with E-state index < -0.39 is 0 Å². The van der Waals surface area contributed by atoms with Crippen molar-refractivity contribution in [2.75, 3.05) is 12.3 Å². The molecule has 0 aromatic heterocycles. The van der Waals surface area contributed by atoms with Crippen LogP contribution in [-0.2, 0) is 0 Å². The lowest BCUT2D eigenvalue weighted by molar-refractivity contribution is 0.491. The fraction of sp³-hybridized carbons (Fsp3) is 0.571. The summed E-state index contributed by atoms with van der Waals surface area (Å²) in [6, 6.07) is 11.4. The van der Waals surface area contributed by atoms with Gasteiger partial charge in [0, 0.05) is 11.3 Å². The number of hydrogen-bond donors (Lipinski definition) is 1. The monoisotopic (exact) mass is 235 g/mol. The first-order chi connectivity index (χ1) is 7.92. The fourth-order valence-electron chi connectivity index (χ4n) is 2.37. The Morgan fingerprint density at radius 2 is 2.12 bits per heavy atom. The van der Waals surface area contributed by atoms with Gasteiger partial charge in [-0.25, -0.2) is 0 Å². The highest BCUT2D eigenvalue weighted by Crippen LogP contribution is 2.34. The van der Waals surface area contributed by atoms with E-state index in [-0.39, 0.29) is 0 Å². The lowest BCUT2D eigenvalue weighted by Crippen LogP contribution is -2.31. The van der Waals surface area contributed by atoms with Gasteiger partial charge in [0.15, 0.2) is 0 Å². The van der Waals surface area contributed by atoms with Crippen LogP contribution in [-0.4, -0.2) is 17.5 Å². The Morgan fingerprint density at radius 1 is 1.31 bits per heavy atom. The normalized spacial score (nSPS) is 22.9. The Hall–Kier alpha value is -0.470. The van der Waals surface area contributed by atoms with Gasteiger partial charge in [-0.05, 0) is 30.7 Å². The number of thioether (sulfide) groups is 1. The molecule has 1 aliphatic heterocycles. The molecule has 1 aromatic carbocycles. The predicted octanol–water partition coefficient (Wildman–Crippen LogP) is 3.62. The molecule has 88 valence electrons. The van der Waals surface area contributed by atoms with Crippen molar-refractivity contribution in [1.29, 1.82) is 0 Å². The van der Waals surface area contributed by atoms with Crippen molar-refractivity contribution < 1.29 is 0 Å². The van der Waals surface area contributed by atoms with Gasteiger partial charge in [0.2, 0.25) is 0 Å². The van der Waals surface area contributed by atoms with Crippen molar-refractivity contribution in [2.45, 2.75) is 37.5 Å². The summed E-state index contributed by atoms with van der Waals surface area (Å²) < 4.78 is 0. The summed E-state index contributed by atoms with van der Waals surface area (Å²) in [4.78, 5) is 0. The van der Waals surface area contributed by atoms with Gasteiger partial charge in [-0.1, -0.05) is 43.7 Å². The van der Waals surface area contributed by atoms with E-state index >= 15 is 0 Å². The Labute approximate surface area is 103 Å². The fourth-order valence-corrected chi connectivity index (χ4v) is 3.83. The van der Waals surface area contributed by atoms with Gasteiger partial charge in [0.25, 0.3) is 0 Å². The lowest BCUT2D eigenvalue weighted by Gasteiger charge is -2.30. The molecule has 16 heavy (non-hydrogen) atoms. The third-order valence-corrected chi connectivity index (χ3v) is 4.63. The van der Waals surface area contributed by atoms with E-state index in [1.54, 1.807) is 0 Å². The van der Waals surface area contributed by atoms with Crippen LogP contribution in [0.2, 0.25) is 0 Å². The van der Waals surface area contributed by atoms with Crippen LogP contribution in [0.25, 0.3) is 0 Å². The minimum absolute atomic E-state index is 0.538. The summed E-state index contributed by atoms with van der Waals surface area (Å²) in [6.07, 6.45) is 4.15. The largest absolute Gasteiger partial charge is 0.309 e. The van der Waals surface area contributed by atoms with Gasteiger partial charge in [-0.3, -0.25) is 0 Å². The van der Waals surface area contributed by atoms with E-state index in [0.29, 0.717) is 6.04 Å². The van der Waals surface area contributed by atoms with Crippen molar-refractivity contribution >= 4 is 11.8 Å². The third-order valence-electron chi connectivity index (χ3n) is 3.17. The lowest BCUT2D eigenvalue weighted by atomic mass is 9.99. The molecule has 1 N–H and O–H groups in total. The SMILES string of the molecule is CCNC(c1ccccc1)C1CCCCS1. The Morgan fingerprint density at radius 3 is 2.75 bits per heavy atom. The van der Waals surface area contributed by atoms with Gasteiger partial charge in [-0.15, -0.1) is 0 Å². The van der Waals surface area contributed by atoms with Gasteiger partial charge in [0.1, 0.15) is 0 Å². The molecule has 1 saturated heterocycles. The topological polar surface area (TPSA) is 12.0 Å². The summed E-state index contributed by atoms with van der Waals surface area (Å²) in [7, 11) is 0. The van der Waals surface area contributed by atoms with Crippen molar-refractivity contribution in [3.05, 3.63) is 35.9 Å². The van der Waals surface area contributed by atoms with E-state index in [0.717, 1.165) is 11.8 Å². The molecular formula is C14H21NS. The minimum atomic E-state index is 0.538. The van der Waals surface area contributed by atoms with Gasteiger partial charge in [-0.2, -0.15) is 11.8 Å². The molecule has 0 amide bonds. The van der Waals surface area contributed by atoms with E-state index in [1.165, 1.54) is 30.6 Å². The first-order valence-corrected chi connectivity index (χ1v) is 7.36. The molecule has 1 aromatic rings. The molecule has 2 atom stereocenters. The average Bonchev–Trinajstić information content (AvgIpc) is 2.38. The smallest absolute Gasteiger partial charge is 0.0440 e. The standard InChI is InChI=1S/C14H21NS/c1-2-15-14(12-8-4-3-5-9-12)13-10-6-7-11-16-13/h3-5,8-9,13-15H,2,6-7,10-11H2,1H3. The first-order valence-electron chi connectivity index (χ1n) is 6.31. The van der Waals surface area contributed by atoms with E-state index in [2.05, 4.69) is 54.3 Å². The molecule has 0 bridgehead atoms. The summed E-state index contributed by atoms with van der Waals surface area (Å²) in [5.74, 6) is 1.33.